The van der Waals surface area contributed by atoms with Crippen LogP contribution < -0.4 is 5.73 Å². The van der Waals surface area contributed by atoms with Gasteiger partial charge in [-0.2, -0.15) is 0 Å². The van der Waals surface area contributed by atoms with Crippen LogP contribution in [0.25, 0.3) is 11.2 Å². The van der Waals surface area contributed by atoms with Crippen LogP contribution in [-0.2, 0) is 0 Å². The van der Waals surface area contributed by atoms with Crippen molar-refractivity contribution >= 4 is 17.1 Å². The first kappa shape index (κ1) is 13.8. The molecule has 0 saturated carbocycles. The molecule has 1 unspecified atom stereocenters. The fourth-order valence-electron chi connectivity index (χ4n) is 2.47. The molecule has 2 N–H and O–H groups in total. The number of aromatic nitrogens is 3. The Labute approximate surface area is 114 Å². The van der Waals surface area contributed by atoms with Gasteiger partial charge in [-0.25, -0.2) is 9.97 Å². The summed E-state index contributed by atoms with van der Waals surface area (Å²) in [6.45, 7) is 11.6. The van der Waals surface area contributed by atoms with Crippen molar-refractivity contribution in [3.8, 4) is 0 Å². The van der Waals surface area contributed by atoms with Crippen molar-refractivity contribution in [2.75, 3.05) is 25.4 Å². The summed E-state index contributed by atoms with van der Waals surface area (Å²) in [4.78, 5) is 11.3. The van der Waals surface area contributed by atoms with Crippen LogP contribution in [0.4, 0.5) is 5.95 Å². The molecular formula is C14H23N5. The minimum Gasteiger partial charge on any atom is -0.369 e. The predicted molar refractivity (Wildman–Crippen MR) is 79.2 cm³/mol. The van der Waals surface area contributed by atoms with Gasteiger partial charge in [-0.3, -0.25) is 4.57 Å². The highest BCUT2D eigenvalue weighted by Crippen LogP contribution is 2.22. The van der Waals surface area contributed by atoms with Crippen molar-refractivity contribution in [2.24, 2.45) is 0 Å². The molecule has 0 aliphatic heterocycles. The lowest BCUT2D eigenvalue weighted by molar-refractivity contribution is 0.264. The predicted octanol–water partition coefficient (Wildman–Crippen LogP) is 2.22. The SMILES string of the molecule is CCN(CC)CC(C)n1c(N)nc2cc(C)cnc21. The van der Waals surface area contributed by atoms with Gasteiger partial charge in [0.05, 0.1) is 0 Å². The highest BCUT2D eigenvalue weighted by atomic mass is 15.2. The van der Waals surface area contributed by atoms with Gasteiger partial charge in [-0.05, 0) is 38.6 Å². The Morgan fingerprint density at radius 1 is 1.37 bits per heavy atom. The fourth-order valence-corrected chi connectivity index (χ4v) is 2.47. The van der Waals surface area contributed by atoms with Crippen molar-refractivity contribution in [2.45, 2.75) is 33.7 Å². The van der Waals surface area contributed by atoms with E-state index in [1.165, 1.54) is 0 Å². The molecule has 0 bridgehead atoms. The van der Waals surface area contributed by atoms with E-state index in [4.69, 9.17) is 5.73 Å². The Morgan fingerprint density at radius 3 is 2.68 bits per heavy atom. The van der Waals surface area contributed by atoms with E-state index in [1.54, 1.807) is 0 Å². The second-order valence-corrected chi connectivity index (χ2v) is 5.03. The highest BCUT2D eigenvalue weighted by Gasteiger charge is 2.16. The molecular weight excluding hydrogens is 238 g/mol. The number of anilines is 1. The standard InChI is InChI=1S/C14H23N5/c1-5-18(6-2)9-11(4)19-13-12(17-14(19)15)7-10(3)8-16-13/h7-8,11H,5-6,9H2,1-4H3,(H2,15,17). The van der Waals surface area contributed by atoms with Gasteiger partial charge in [0.15, 0.2) is 5.65 Å². The summed E-state index contributed by atoms with van der Waals surface area (Å²) in [6, 6.07) is 2.29. The van der Waals surface area contributed by atoms with Crippen LogP contribution in [0.15, 0.2) is 12.3 Å². The Bertz CT molecular complexity index is 556. The minimum absolute atomic E-state index is 0.264. The van der Waals surface area contributed by atoms with Gasteiger partial charge in [0.25, 0.3) is 0 Å². The van der Waals surface area contributed by atoms with E-state index < -0.39 is 0 Å². The van der Waals surface area contributed by atoms with E-state index in [2.05, 4.69) is 35.6 Å². The molecule has 0 fully saturated rings. The highest BCUT2D eigenvalue weighted by molar-refractivity contribution is 5.74. The smallest absolute Gasteiger partial charge is 0.202 e. The summed E-state index contributed by atoms with van der Waals surface area (Å²) in [5, 5.41) is 0. The van der Waals surface area contributed by atoms with E-state index in [1.807, 2.05) is 23.8 Å². The maximum atomic E-state index is 6.06. The molecule has 0 aromatic carbocycles. The third kappa shape index (κ3) is 2.71. The number of imidazole rings is 1. The van der Waals surface area contributed by atoms with Gasteiger partial charge in [0.2, 0.25) is 5.95 Å². The number of rotatable bonds is 5. The lowest BCUT2D eigenvalue weighted by Gasteiger charge is -2.24. The van der Waals surface area contributed by atoms with Gasteiger partial charge in [0, 0.05) is 18.8 Å². The molecule has 2 heterocycles. The second kappa shape index (κ2) is 5.57. The number of nitrogens with two attached hydrogens (primary N) is 1. The largest absolute Gasteiger partial charge is 0.369 e. The van der Waals surface area contributed by atoms with Crippen LogP contribution in [0.5, 0.6) is 0 Å². The summed E-state index contributed by atoms with van der Waals surface area (Å²) in [5.41, 5.74) is 8.92. The first-order valence-electron chi connectivity index (χ1n) is 6.89. The zero-order valence-corrected chi connectivity index (χ0v) is 12.2. The molecule has 0 aliphatic carbocycles. The van der Waals surface area contributed by atoms with Gasteiger partial charge in [0.1, 0.15) is 5.52 Å². The Hall–Kier alpha value is -1.62. The third-order valence-electron chi connectivity index (χ3n) is 3.55. The molecule has 0 saturated heterocycles. The minimum atomic E-state index is 0.264. The van der Waals surface area contributed by atoms with E-state index in [0.717, 1.165) is 36.4 Å². The fraction of sp³-hybridized carbons (Fsp3) is 0.571. The molecule has 2 rings (SSSR count). The van der Waals surface area contributed by atoms with Crippen molar-refractivity contribution in [1.29, 1.82) is 0 Å². The molecule has 5 nitrogen and oxygen atoms in total. The topological polar surface area (TPSA) is 60.0 Å². The molecule has 1 atom stereocenters. The van der Waals surface area contributed by atoms with Crippen molar-refractivity contribution < 1.29 is 0 Å². The Balaban J connectivity index is 2.36. The molecule has 19 heavy (non-hydrogen) atoms. The van der Waals surface area contributed by atoms with Crippen LogP contribution in [-0.4, -0.2) is 39.1 Å². The van der Waals surface area contributed by atoms with E-state index in [9.17, 15) is 0 Å². The normalized spacial score (nSPS) is 13.3. The molecule has 0 spiro atoms. The quantitative estimate of drug-likeness (QED) is 0.896. The lowest BCUT2D eigenvalue weighted by atomic mass is 10.2. The zero-order chi connectivity index (χ0) is 14.0. The van der Waals surface area contributed by atoms with E-state index in [0.29, 0.717) is 5.95 Å². The van der Waals surface area contributed by atoms with E-state index >= 15 is 0 Å². The van der Waals surface area contributed by atoms with Gasteiger partial charge >= 0.3 is 0 Å². The van der Waals surface area contributed by atoms with E-state index in [-0.39, 0.29) is 6.04 Å². The summed E-state index contributed by atoms with van der Waals surface area (Å²) < 4.78 is 2.03. The van der Waals surface area contributed by atoms with Gasteiger partial charge in [-0.1, -0.05) is 13.8 Å². The van der Waals surface area contributed by atoms with Crippen LogP contribution >= 0.6 is 0 Å². The number of nitrogen functional groups attached to an aromatic ring is 1. The van der Waals surface area contributed by atoms with Crippen molar-refractivity contribution in [1.82, 2.24) is 19.4 Å². The number of likely N-dealkylation sites (N-methyl/N-ethyl adjacent to an activating group) is 1. The number of hydrogen-bond donors (Lipinski definition) is 1. The van der Waals surface area contributed by atoms with Crippen molar-refractivity contribution in [3.63, 3.8) is 0 Å². The maximum absolute atomic E-state index is 6.06. The molecule has 104 valence electrons. The first-order chi connectivity index (χ1) is 9.06. The molecule has 0 amide bonds. The molecule has 2 aromatic rings. The Kier molecular flexibility index (Phi) is 4.04. The number of pyridine rings is 1. The third-order valence-corrected chi connectivity index (χ3v) is 3.55. The zero-order valence-electron chi connectivity index (χ0n) is 12.2. The monoisotopic (exact) mass is 261 g/mol. The number of hydrogen-bond acceptors (Lipinski definition) is 4. The molecule has 5 heteroatoms. The summed E-state index contributed by atoms with van der Waals surface area (Å²) >= 11 is 0. The van der Waals surface area contributed by atoms with Crippen LogP contribution in [0.1, 0.15) is 32.4 Å². The first-order valence-corrected chi connectivity index (χ1v) is 6.89. The Morgan fingerprint density at radius 2 is 2.05 bits per heavy atom. The summed E-state index contributed by atoms with van der Waals surface area (Å²) in [6.07, 6.45) is 1.87. The second-order valence-electron chi connectivity index (χ2n) is 5.03. The number of nitrogens with zero attached hydrogens (tertiary/aromatic N) is 4. The molecule has 0 aliphatic rings. The van der Waals surface area contributed by atoms with Crippen LogP contribution in [0, 0.1) is 6.92 Å². The molecule has 2 aromatic heterocycles. The van der Waals surface area contributed by atoms with Gasteiger partial charge in [-0.15, -0.1) is 0 Å². The number of fused-ring (bicyclic) bond motifs is 1. The van der Waals surface area contributed by atoms with Crippen LogP contribution in [0.3, 0.4) is 0 Å². The number of aryl methyl sites for hydroxylation is 1. The molecule has 0 radical (unpaired) electrons. The average molecular weight is 261 g/mol. The summed E-state index contributed by atoms with van der Waals surface area (Å²) in [7, 11) is 0. The van der Waals surface area contributed by atoms with Crippen LogP contribution in [0.2, 0.25) is 0 Å². The summed E-state index contributed by atoms with van der Waals surface area (Å²) in [5.74, 6) is 0.549. The maximum Gasteiger partial charge on any atom is 0.202 e. The lowest BCUT2D eigenvalue weighted by Crippen LogP contribution is -2.30. The average Bonchev–Trinajstić information content (AvgIpc) is 2.70. The van der Waals surface area contributed by atoms with Crippen molar-refractivity contribution in [3.05, 3.63) is 17.8 Å². The van der Waals surface area contributed by atoms with Gasteiger partial charge < -0.3 is 10.6 Å².